The Kier molecular flexibility index (Phi) is 3.84. The van der Waals surface area contributed by atoms with Crippen molar-refractivity contribution in [2.24, 2.45) is 5.92 Å². The lowest BCUT2D eigenvalue weighted by atomic mass is 10.0. The van der Waals surface area contributed by atoms with E-state index in [4.69, 9.17) is 0 Å². The van der Waals surface area contributed by atoms with E-state index in [1.807, 2.05) is 13.8 Å². The molecule has 2 heteroatoms. The lowest BCUT2D eigenvalue weighted by Gasteiger charge is -2.10. The number of hydrogen-bond acceptors (Lipinski definition) is 0. The fourth-order valence-corrected chi connectivity index (χ4v) is 0.821. The monoisotopic (exact) mass is 150 g/mol. The maximum Gasteiger partial charge on any atom is 0.245 e. The summed E-state index contributed by atoms with van der Waals surface area (Å²) in [6.45, 7) is 5.08. The van der Waals surface area contributed by atoms with Gasteiger partial charge in [-0.3, -0.25) is 0 Å². The van der Waals surface area contributed by atoms with E-state index in [0.717, 1.165) is 13.3 Å². The van der Waals surface area contributed by atoms with Gasteiger partial charge in [0.1, 0.15) is 0 Å². The molecule has 0 aromatic rings. The third-order valence-corrected chi connectivity index (χ3v) is 1.40. The fourth-order valence-electron chi connectivity index (χ4n) is 0.821. The molecule has 0 aliphatic carbocycles. The first-order valence-electron chi connectivity index (χ1n) is 3.79. The van der Waals surface area contributed by atoms with Crippen molar-refractivity contribution in [2.45, 2.75) is 46.0 Å². The molecular weight excluding hydrogens is 134 g/mol. The Labute approximate surface area is 61.6 Å². The van der Waals surface area contributed by atoms with E-state index in [9.17, 15) is 8.78 Å². The molecule has 0 saturated carbocycles. The summed E-state index contributed by atoms with van der Waals surface area (Å²) in [5, 5.41) is 0. The van der Waals surface area contributed by atoms with Crippen molar-refractivity contribution in [1.82, 2.24) is 0 Å². The molecule has 0 saturated heterocycles. The molecule has 0 N–H and O–H groups in total. The van der Waals surface area contributed by atoms with E-state index in [1.165, 1.54) is 0 Å². The molecule has 0 aliphatic rings. The summed E-state index contributed by atoms with van der Waals surface area (Å²) in [5.74, 6) is -1.92. The van der Waals surface area contributed by atoms with Gasteiger partial charge in [0.25, 0.3) is 0 Å². The molecule has 0 heterocycles. The Morgan fingerprint density at radius 3 is 2.10 bits per heavy atom. The van der Waals surface area contributed by atoms with Crippen LogP contribution in [-0.4, -0.2) is 5.92 Å². The summed E-state index contributed by atoms with van der Waals surface area (Å²) < 4.78 is 24.3. The summed E-state index contributed by atoms with van der Waals surface area (Å²) >= 11 is 0. The van der Waals surface area contributed by atoms with E-state index in [0.29, 0.717) is 12.3 Å². The first kappa shape index (κ1) is 9.86. The number of rotatable bonds is 4. The van der Waals surface area contributed by atoms with E-state index < -0.39 is 5.92 Å². The second-order valence-electron chi connectivity index (χ2n) is 3.36. The van der Waals surface area contributed by atoms with E-state index >= 15 is 0 Å². The minimum atomic E-state index is -2.46. The first-order chi connectivity index (χ1) is 4.42. The molecule has 0 amide bonds. The largest absolute Gasteiger partial charge is 0.245 e. The van der Waals surface area contributed by atoms with Crippen molar-refractivity contribution in [3.8, 4) is 0 Å². The predicted molar refractivity (Wildman–Crippen MR) is 39.3 cm³/mol. The second kappa shape index (κ2) is 3.89. The van der Waals surface area contributed by atoms with Crippen LogP contribution in [0.1, 0.15) is 40.0 Å². The highest BCUT2D eigenvalue weighted by Gasteiger charge is 2.19. The van der Waals surface area contributed by atoms with Crippen LogP contribution in [0.15, 0.2) is 0 Å². The van der Waals surface area contributed by atoms with Gasteiger partial charge in [-0.2, -0.15) is 0 Å². The van der Waals surface area contributed by atoms with Gasteiger partial charge in [0.2, 0.25) is 5.92 Å². The fraction of sp³-hybridized carbons (Fsp3) is 1.00. The molecule has 62 valence electrons. The van der Waals surface area contributed by atoms with Crippen LogP contribution in [0.4, 0.5) is 8.78 Å². The number of halogens is 2. The molecule has 0 spiro atoms. The second-order valence-corrected chi connectivity index (χ2v) is 3.36. The van der Waals surface area contributed by atoms with Crippen LogP contribution in [0.25, 0.3) is 0 Å². The standard InChI is InChI=1S/C8H16F2/c1-7(2)5-4-6-8(3,9)10/h7H,4-6H2,1-3H3. The zero-order chi connectivity index (χ0) is 8.20. The van der Waals surface area contributed by atoms with Crippen molar-refractivity contribution in [1.29, 1.82) is 0 Å². The smallest absolute Gasteiger partial charge is 0.207 e. The molecule has 0 aromatic heterocycles. The van der Waals surface area contributed by atoms with Gasteiger partial charge in [0.05, 0.1) is 0 Å². The highest BCUT2D eigenvalue weighted by atomic mass is 19.3. The Hall–Kier alpha value is -0.140. The van der Waals surface area contributed by atoms with Crippen LogP contribution in [0.5, 0.6) is 0 Å². The third-order valence-electron chi connectivity index (χ3n) is 1.40. The molecule has 0 fully saturated rings. The van der Waals surface area contributed by atoms with Crippen LogP contribution in [-0.2, 0) is 0 Å². The average molecular weight is 150 g/mol. The predicted octanol–water partition coefficient (Wildman–Crippen LogP) is 3.47. The first-order valence-corrected chi connectivity index (χ1v) is 3.79. The number of alkyl halides is 2. The number of hydrogen-bond donors (Lipinski definition) is 0. The molecule has 0 bridgehead atoms. The van der Waals surface area contributed by atoms with Gasteiger partial charge in [-0.05, 0) is 19.3 Å². The Balaban J connectivity index is 3.21. The summed E-state index contributed by atoms with van der Waals surface area (Å²) in [6.07, 6.45) is 1.58. The van der Waals surface area contributed by atoms with Gasteiger partial charge in [-0.15, -0.1) is 0 Å². The maximum atomic E-state index is 12.2. The molecule has 10 heavy (non-hydrogen) atoms. The molecule has 0 unspecified atom stereocenters. The molecule has 0 rings (SSSR count). The highest BCUT2D eigenvalue weighted by Crippen LogP contribution is 2.21. The lowest BCUT2D eigenvalue weighted by molar-refractivity contribution is 0.00975. The summed E-state index contributed by atoms with van der Waals surface area (Å²) in [7, 11) is 0. The van der Waals surface area contributed by atoms with E-state index in [1.54, 1.807) is 0 Å². The van der Waals surface area contributed by atoms with Gasteiger partial charge in [0, 0.05) is 6.42 Å². The zero-order valence-corrected chi connectivity index (χ0v) is 6.95. The van der Waals surface area contributed by atoms with Gasteiger partial charge in [0.15, 0.2) is 0 Å². The minimum absolute atomic E-state index is 0.0329. The third kappa shape index (κ3) is 7.86. The van der Waals surface area contributed by atoms with Gasteiger partial charge in [-0.25, -0.2) is 8.78 Å². The molecule has 0 aromatic carbocycles. The van der Waals surface area contributed by atoms with Gasteiger partial charge >= 0.3 is 0 Å². The zero-order valence-electron chi connectivity index (χ0n) is 6.95. The van der Waals surface area contributed by atoms with Crippen molar-refractivity contribution < 1.29 is 8.78 Å². The summed E-state index contributed by atoms with van der Waals surface area (Å²) in [5.41, 5.74) is 0. The van der Waals surface area contributed by atoms with Gasteiger partial charge in [-0.1, -0.05) is 20.3 Å². The van der Waals surface area contributed by atoms with E-state index in [-0.39, 0.29) is 6.42 Å². The van der Waals surface area contributed by atoms with Crippen molar-refractivity contribution in [2.75, 3.05) is 0 Å². The van der Waals surface area contributed by atoms with Gasteiger partial charge < -0.3 is 0 Å². The highest BCUT2D eigenvalue weighted by molar-refractivity contribution is 4.58. The molecule has 0 atom stereocenters. The summed E-state index contributed by atoms with van der Waals surface area (Å²) in [6, 6.07) is 0. The van der Waals surface area contributed by atoms with Crippen LogP contribution in [0, 0.1) is 5.92 Å². The van der Waals surface area contributed by atoms with Crippen LogP contribution >= 0.6 is 0 Å². The summed E-state index contributed by atoms with van der Waals surface area (Å²) in [4.78, 5) is 0. The van der Waals surface area contributed by atoms with Crippen LogP contribution in [0.2, 0.25) is 0 Å². The quantitative estimate of drug-likeness (QED) is 0.575. The topological polar surface area (TPSA) is 0 Å². The van der Waals surface area contributed by atoms with Crippen molar-refractivity contribution in [3.05, 3.63) is 0 Å². The molecule has 0 radical (unpaired) electrons. The van der Waals surface area contributed by atoms with E-state index in [2.05, 4.69) is 0 Å². The molecule has 0 aliphatic heterocycles. The van der Waals surface area contributed by atoms with Crippen LogP contribution in [0.3, 0.4) is 0 Å². The van der Waals surface area contributed by atoms with Crippen molar-refractivity contribution >= 4 is 0 Å². The minimum Gasteiger partial charge on any atom is -0.207 e. The SMILES string of the molecule is CC(C)CCCC(C)(F)F. The van der Waals surface area contributed by atoms with Crippen molar-refractivity contribution in [3.63, 3.8) is 0 Å². The van der Waals surface area contributed by atoms with Crippen LogP contribution < -0.4 is 0 Å². The molecular formula is C8H16F2. The Bertz CT molecular complexity index is 81.7. The normalized spacial score (nSPS) is 12.6. The average Bonchev–Trinajstić information content (AvgIpc) is 1.59. The Morgan fingerprint density at radius 2 is 1.80 bits per heavy atom. The lowest BCUT2D eigenvalue weighted by Crippen LogP contribution is -2.09. The maximum absolute atomic E-state index is 12.2. The molecule has 0 nitrogen and oxygen atoms in total. The Morgan fingerprint density at radius 1 is 1.30 bits per heavy atom.